The Morgan fingerprint density at radius 3 is 2.43 bits per heavy atom. The number of nitrogens with two attached hydrogens (primary N) is 1. The van der Waals surface area contributed by atoms with Crippen molar-refractivity contribution >= 4 is 23.2 Å². The number of likely N-dealkylation sites (N-methyl/N-ethyl adjacent to an activating group) is 2. The van der Waals surface area contributed by atoms with Crippen LogP contribution in [0.15, 0.2) is 18.2 Å². The van der Waals surface area contributed by atoms with Crippen LogP contribution in [0.5, 0.6) is 0 Å². The third kappa shape index (κ3) is 5.07. The summed E-state index contributed by atoms with van der Waals surface area (Å²) in [6.45, 7) is 4.80. The molecule has 0 saturated heterocycles. The van der Waals surface area contributed by atoms with Gasteiger partial charge in [-0.05, 0) is 25.1 Å². The lowest BCUT2D eigenvalue weighted by Gasteiger charge is -2.21. The number of rotatable bonds is 6. The summed E-state index contributed by atoms with van der Waals surface area (Å²) >= 11 is 0. The molecule has 0 aliphatic carbocycles. The average molecular weight is 292 g/mol. The van der Waals surface area contributed by atoms with Gasteiger partial charge in [-0.15, -0.1) is 0 Å². The summed E-state index contributed by atoms with van der Waals surface area (Å²) in [5, 5.41) is 2.82. The fraction of sp³-hybridized carbons (Fsp3) is 0.467. The fourth-order valence-electron chi connectivity index (χ4n) is 1.86. The number of carbonyl (C=O) groups is 2. The minimum atomic E-state index is -0.176. The van der Waals surface area contributed by atoms with E-state index in [0.29, 0.717) is 17.9 Å². The van der Waals surface area contributed by atoms with E-state index in [0.717, 1.165) is 5.56 Å². The van der Waals surface area contributed by atoms with E-state index < -0.39 is 0 Å². The Morgan fingerprint density at radius 2 is 1.90 bits per heavy atom. The molecule has 21 heavy (non-hydrogen) atoms. The van der Waals surface area contributed by atoms with Gasteiger partial charge in [-0.2, -0.15) is 0 Å². The summed E-state index contributed by atoms with van der Waals surface area (Å²) in [5.74, 6) is -0.204. The highest BCUT2D eigenvalue weighted by Crippen LogP contribution is 2.22. The molecule has 0 fully saturated rings. The minimum Gasteiger partial charge on any atom is -0.397 e. The van der Waals surface area contributed by atoms with Gasteiger partial charge in [0.2, 0.25) is 11.8 Å². The molecule has 2 amide bonds. The van der Waals surface area contributed by atoms with E-state index in [1.165, 1.54) is 4.90 Å². The predicted molar refractivity (Wildman–Crippen MR) is 85.0 cm³/mol. The third-order valence-electron chi connectivity index (χ3n) is 3.24. The molecule has 1 aromatic rings. The number of para-hydroxylation sites is 1. The Bertz CT molecular complexity index is 494. The maximum absolute atomic E-state index is 12.1. The maximum Gasteiger partial charge on any atom is 0.238 e. The monoisotopic (exact) mass is 292 g/mol. The summed E-state index contributed by atoms with van der Waals surface area (Å²) in [7, 11) is 3.40. The number of nitrogens with zero attached hydrogens (tertiary/aromatic N) is 2. The van der Waals surface area contributed by atoms with Gasteiger partial charge in [0.1, 0.15) is 0 Å². The lowest BCUT2D eigenvalue weighted by atomic mass is 10.1. The SMILES string of the molecule is CCN(CC(=O)Nc1c(C)cccc1N)CC(=O)N(C)C. The van der Waals surface area contributed by atoms with Gasteiger partial charge in [0.15, 0.2) is 0 Å². The van der Waals surface area contributed by atoms with Crippen molar-refractivity contribution in [2.75, 3.05) is 44.8 Å². The number of amides is 2. The standard InChI is InChI=1S/C15H24N4O2/c1-5-19(10-14(21)18(3)4)9-13(20)17-15-11(2)7-6-8-12(15)16/h6-8H,5,9-10,16H2,1-4H3,(H,17,20). The summed E-state index contributed by atoms with van der Waals surface area (Å²) < 4.78 is 0. The Labute approximate surface area is 125 Å². The van der Waals surface area contributed by atoms with Crippen LogP contribution in [0.2, 0.25) is 0 Å². The summed E-state index contributed by atoms with van der Waals surface area (Å²) in [6.07, 6.45) is 0. The summed E-state index contributed by atoms with van der Waals surface area (Å²) in [4.78, 5) is 27.1. The zero-order valence-corrected chi connectivity index (χ0v) is 13.1. The van der Waals surface area contributed by atoms with Crippen molar-refractivity contribution in [1.29, 1.82) is 0 Å². The van der Waals surface area contributed by atoms with Gasteiger partial charge in [0.05, 0.1) is 24.5 Å². The number of nitrogen functional groups attached to an aromatic ring is 1. The second-order valence-corrected chi connectivity index (χ2v) is 5.18. The van der Waals surface area contributed by atoms with Crippen LogP contribution in [-0.4, -0.2) is 55.3 Å². The van der Waals surface area contributed by atoms with Crippen molar-refractivity contribution < 1.29 is 9.59 Å². The van der Waals surface area contributed by atoms with E-state index in [-0.39, 0.29) is 24.9 Å². The van der Waals surface area contributed by atoms with Crippen LogP contribution in [0.1, 0.15) is 12.5 Å². The molecule has 1 aromatic carbocycles. The normalized spacial score (nSPS) is 10.5. The predicted octanol–water partition coefficient (Wildman–Crippen LogP) is 0.926. The zero-order valence-electron chi connectivity index (χ0n) is 13.1. The molecular formula is C15H24N4O2. The number of nitrogens with one attached hydrogen (secondary N) is 1. The summed E-state index contributed by atoms with van der Waals surface area (Å²) in [6, 6.07) is 5.48. The molecular weight excluding hydrogens is 268 g/mol. The number of benzene rings is 1. The average Bonchev–Trinajstić information content (AvgIpc) is 2.42. The first-order valence-electron chi connectivity index (χ1n) is 6.92. The molecule has 1 rings (SSSR count). The Balaban J connectivity index is 2.65. The third-order valence-corrected chi connectivity index (χ3v) is 3.24. The number of carbonyl (C=O) groups excluding carboxylic acids is 2. The van der Waals surface area contributed by atoms with E-state index in [9.17, 15) is 9.59 Å². The van der Waals surface area contributed by atoms with Crippen molar-refractivity contribution in [3.63, 3.8) is 0 Å². The zero-order chi connectivity index (χ0) is 16.0. The van der Waals surface area contributed by atoms with Gasteiger partial charge >= 0.3 is 0 Å². The van der Waals surface area contributed by atoms with E-state index in [2.05, 4.69) is 5.32 Å². The Morgan fingerprint density at radius 1 is 1.24 bits per heavy atom. The molecule has 6 nitrogen and oxygen atoms in total. The Kier molecular flexibility index (Phi) is 6.17. The van der Waals surface area contributed by atoms with Crippen LogP contribution in [-0.2, 0) is 9.59 Å². The van der Waals surface area contributed by atoms with Gasteiger partial charge in [-0.3, -0.25) is 14.5 Å². The lowest BCUT2D eigenvalue weighted by molar-refractivity contribution is -0.130. The molecule has 0 unspecified atom stereocenters. The second-order valence-electron chi connectivity index (χ2n) is 5.18. The van der Waals surface area contributed by atoms with E-state index in [4.69, 9.17) is 5.73 Å². The van der Waals surface area contributed by atoms with E-state index in [1.807, 2.05) is 26.0 Å². The van der Waals surface area contributed by atoms with Crippen LogP contribution in [0.4, 0.5) is 11.4 Å². The number of aryl methyl sites for hydroxylation is 1. The molecule has 0 radical (unpaired) electrons. The van der Waals surface area contributed by atoms with Crippen LogP contribution >= 0.6 is 0 Å². The molecule has 0 saturated carbocycles. The highest BCUT2D eigenvalue weighted by atomic mass is 16.2. The van der Waals surface area contributed by atoms with Crippen LogP contribution in [0.3, 0.4) is 0 Å². The quantitative estimate of drug-likeness (QED) is 0.764. The van der Waals surface area contributed by atoms with Crippen molar-refractivity contribution in [2.24, 2.45) is 0 Å². The molecule has 0 aliphatic rings. The molecule has 0 heterocycles. The molecule has 0 spiro atoms. The molecule has 0 aliphatic heterocycles. The highest BCUT2D eigenvalue weighted by molar-refractivity contribution is 5.96. The topological polar surface area (TPSA) is 78.7 Å². The van der Waals surface area contributed by atoms with Crippen molar-refractivity contribution in [3.05, 3.63) is 23.8 Å². The summed E-state index contributed by atoms with van der Waals surface area (Å²) in [5.41, 5.74) is 7.95. The number of anilines is 2. The second kappa shape index (κ2) is 7.64. The van der Waals surface area contributed by atoms with E-state index >= 15 is 0 Å². The van der Waals surface area contributed by atoms with Crippen LogP contribution in [0.25, 0.3) is 0 Å². The molecule has 0 bridgehead atoms. The van der Waals surface area contributed by atoms with E-state index in [1.54, 1.807) is 25.1 Å². The van der Waals surface area contributed by atoms with Crippen molar-refractivity contribution in [2.45, 2.75) is 13.8 Å². The highest BCUT2D eigenvalue weighted by Gasteiger charge is 2.15. The van der Waals surface area contributed by atoms with Gasteiger partial charge in [0.25, 0.3) is 0 Å². The smallest absolute Gasteiger partial charge is 0.238 e. The molecule has 0 aromatic heterocycles. The number of hydrogen-bond donors (Lipinski definition) is 2. The van der Waals surface area contributed by atoms with Gasteiger partial charge < -0.3 is 16.0 Å². The Hall–Kier alpha value is -2.08. The van der Waals surface area contributed by atoms with Crippen LogP contribution < -0.4 is 11.1 Å². The largest absolute Gasteiger partial charge is 0.397 e. The van der Waals surface area contributed by atoms with Gasteiger partial charge in [0, 0.05) is 14.1 Å². The molecule has 3 N–H and O–H groups in total. The van der Waals surface area contributed by atoms with Gasteiger partial charge in [-0.1, -0.05) is 19.1 Å². The van der Waals surface area contributed by atoms with Crippen molar-refractivity contribution in [3.8, 4) is 0 Å². The van der Waals surface area contributed by atoms with Gasteiger partial charge in [-0.25, -0.2) is 0 Å². The molecule has 6 heteroatoms. The minimum absolute atomic E-state index is 0.0277. The first-order valence-corrected chi connectivity index (χ1v) is 6.92. The maximum atomic E-state index is 12.1. The number of hydrogen-bond acceptors (Lipinski definition) is 4. The first-order chi connectivity index (χ1) is 9.85. The van der Waals surface area contributed by atoms with Crippen molar-refractivity contribution in [1.82, 2.24) is 9.80 Å². The lowest BCUT2D eigenvalue weighted by Crippen LogP contribution is -2.40. The first kappa shape index (κ1) is 17.0. The fourth-order valence-corrected chi connectivity index (χ4v) is 1.86. The molecule has 0 atom stereocenters. The van der Waals surface area contributed by atoms with Crippen LogP contribution in [0, 0.1) is 6.92 Å². The molecule has 116 valence electrons.